The smallest absolute Gasteiger partial charge is 0.235 e. The molecule has 0 aromatic heterocycles. The summed E-state index contributed by atoms with van der Waals surface area (Å²) < 4.78 is 45.7. The summed E-state index contributed by atoms with van der Waals surface area (Å²) in [7, 11) is -3.51. The predicted molar refractivity (Wildman–Crippen MR) is 179 cm³/mol. The zero-order valence-electron chi connectivity index (χ0n) is 25.9. The van der Waals surface area contributed by atoms with E-state index in [1.54, 1.807) is 26.0 Å². The molecular formula is C36H39N3O5S. The Hall–Kier alpha value is -4.52. The van der Waals surface area contributed by atoms with E-state index >= 15 is 0 Å². The molecule has 234 valence electrons. The van der Waals surface area contributed by atoms with E-state index in [2.05, 4.69) is 14.5 Å². The molecule has 1 saturated heterocycles. The Morgan fingerprint density at radius 2 is 1.67 bits per heavy atom. The highest BCUT2D eigenvalue weighted by Crippen LogP contribution is 2.32. The lowest BCUT2D eigenvalue weighted by atomic mass is 10.1. The van der Waals surface area contributed by atoms with Crippen LogP contribution in [0.2, 0.25) is 0 Å². The van der Waals surface area contributed by atoms with E-state index in [1.165, 1.54) is 0 Å². The van der Waals surface area contributed by atoms with Gasteiger partial charge in [0.1, 0.15) is 17.2 Å². The number of nitrogens with one attached hydrogen (secondary N) is 1. The lowest BCUT2D eigenvalue weighted by Gasteiger charge is -2.28. The van der Waals surface area contributed by atoms with Crippen LogP contribution in [0.3, 0.4) is 0 Å². The van der Waals surface area contributed by atoms with Crippen LogP contribution in [0.4, 0.5) is 17.1 Å². The Morgan fingerprint density at radius 3 is 2.40 bits per heavy atom. The van der Waals surface area contributed by atoms with Crippen LogP contribution in [0, 0.1) is 19.4 Å². The second kappa shape index (κ2) is 14.5. The van der Waals surface area contributed by atoms with Crippen molar-refractivity contribution in [1.29, 1.82) is 0 Å². The number of hydrogen-bond acceptors (Lipinski definition) is 6. The molecule has 4 aromatic rings. The van der Waals surface area contributed by atoms with Crippen LogP contribution in [0.25, 0.3) is 4.85 Å². The van der Waals surface area contributed by atoms with Gasteiger partial charge >= 0.3 is 0 Å². The van der Waals surface area contributed by atoms with Crippen molar-refractivity contribution in [2.75, 3.05) is 29.4 Å². The molecule has 0 saturated carbocycles. The van der Waals surface area contributed by atoms with E-state index in [1.807, 2.05) is 85.8 Å². The number of ether oxygens (including phenoxy) is 3. The maximum Gasteiger partial charge on any atom is 0.235 e. The summed E-state index contributed by atoms with van der Waals surface area (Å²) in [5, 5.41) is -0.559. The molecule has 0 spiro atoms. The molecule has 0 radical (unpaired) electrons. The Morgan fingerprint density at radius 1 is 0.933 bits per heavy atom. The molecule has 0 amide bonds. The summed E-state index contributed by atoms with van der Waals surface area (Å²) in [6.45, 7) is 15.9. The summed E-state index contributed by atoms with van der Waals surface area (Å²) in [5.41, 5.74) is 4.88. The number of anilines is 2. The van der Waals surface area contributed by atoms with Gasteiger partial charge in [-0.05, 0) is 80.3 Å². The Labute approximate surface area is 266 Å². The largest absolute Gasteiger partial charge is 0.493 e. The Bertz CT molecular complexity index is 1740. The molecule has 5 rings (SSSR count). The third kappa shape index (κ3) is 8.56. The molecule has 8 nitrogen and oxygen atoms in total. The van der Waals surface area contributed by atoms with E-state index in [9.17, 15) is 8.42 Å². The van der Waals surface area contributed by atoms with Gasteiger partial charge in [0.2, 0.25) is 10.0 Å². The third-order valence-corrected chi connectivity index (χ3v) is 9.53. The average molecular weight is 626 g/mol. The fraction of sp³-hybridized carbons (Fsp3) is 0.306. The molecule has 0 aliphatic carbocycles. The first-order valence-electron chi connectivity index (χ1n) is 15.1. The van der Waals surface area contributed by atoms with Gasteiger partial charge in [-0.15, -0.1) is 0 Å². The van der Waals surface area contributed by atoms with Gasteiger partial charge in [0.05, 0.1) is 30.7 Å². The second-order valence-electron chi connectivity index (χ2n) is 11.5. The lowest BCUT2D eigenvalue weighted by Crippen LogP contribution is -2.25. The molecule has 1 heterocycles. The van der Waals surface area contributed by atoms with Crippen LogP contribution in [-0.2, 0) is 27.8 Å². The van der Waals surface area contributed by atoms with Crippen molar-refractivity contribution in [3.63, 3.8) is 0 Å². The normalized spacial score (nSPS) is 14.6. The number of sulfonamides is 1. The first-order valence-corrected chi connectivity index (χ1v) is 16.6. The van der Waals surface area contributed by atoms with Gasteiger partial charge in [-0.2, -0.15) is 0 Å². The SMILES string of the molecule is [C-]#[N+]c1cccc(CN(Cc2ccc(Oc3cccc(OCC4CCOC4)c3)cc2)c2cccc(NS(=O)(=O)C(C)C)c2C)c1. The summed E-state index contributed by atoms with van der Waals surface area (Å²) in [4.78, 5) is 5.78. The topological polar surface area (TPSA) is 81.5 Å². The predicted octanol–water partition coefficient (Wildman–Crippen LogP) is 8.11. The molecule has 4 aromatic carbocycles. The molecule has 9 heteroatoms. The number of nitrogens with zero attached hydrogens (tertiary/aromatic N) is 2. The lowest BCUT2D eigenvalue weighted by molar-refractivity contribution is 0.167. The molecule has 1 unspecified atom stereocenters. The minimum absolute atomic E-state index is 0.425. The molecule has 1 aliphatic heterocycles. The van der Waals surface area contributed by atoms with Gasteiger partial charge < -0.3 is 19.1 Å². The average Bonchev–Trinajstić information content (AvgIpc) is 3.56. The molecule has 1 aliphatic rings. The summed E-state index contributed by atoms with van der Waals surface area (Å²) in [6.07, 6.45) is 1.02. The first-order chi connectivity index (χ1) is 21.7. The van der Waals surface area contributed by atoms with Gasteiger partial charge in [-0.25, -0.2) is 13.3 Å². The van der Waals surface area contributed by atoms with E-state index in [0.717, 1.165) is 47.8 Å². The molecular weight excluding hydrogens is 586 g/mol. The number of rotatable bonds is 13. The van der Waals surface area contributed by atoms with Gasteiger partial charge in [-0.1, -0.05) is 48.5 Å². The van der Waals surface area contributed by atoms with Crippen LogP contribution < -0.4 is 19.1 Å². The number of hydrogen-bond donors (Lipinski definition) is 1. The first kappa shape index (κ1) is 31.9. The van der Waals surface area contributed by atoms with Crippen molar-refractivity contribution >= 4 is 27.1 Å². The molecule has 45 heavy (non-hydrogen) atoms. The summed E-state index contributed by atoms with van der Waals surface area (Å²) in [6, 6.07) is 28.8. The van der Waals surface area contributed by atoms with E-state index in [-0.39, 0.29) is 0 Å². The molecule has 1 atom stereocenters. The van der Waals surface area contributed by atoms with E-state index < -0.39 is 15.3 Å². The monoisotopic (exact) mass is 625 g/mol. The third-order valence-electron chi connectivity index (χ3n) is 7.78. The van der Waals surface area contributed by atoms with Crippen molar-refractivity contribution in [3.8, 4) is 17.2 Å². The Balaban J connectivity index is 1.34. The molecule has 0 bridgehead atoms. The van der Waals surface area contributed by atoms with E-state index in [0.29, 0.717) is 48.5 Å². The standard InChI is InChI=1S/C36H39N3O5S/c1-26(2)45(40,41)38-35-12-7-13-36(27(35)3)39(23-29-8-5-9-31(20-29)37-4)22-28-14-16-32(17-15-28)44-34-11-6-10-33(21-34)43-25-30-18-19-42-24-30/h5-17,20-21,26,30,38H,18-19,22-25H2,1-3H3. The minimum Gasteiger partial charge on any atom is -0.493 e. The van der Waals surface area contributed by atoms with Crippen LogP contribution in [-0.4, -0.2) is 33.5 Å². The van der Waals surface area contributed by atoms with Gasteiger partial charge in [0, 0.05) is 37.4 Å². The summed E-state index contributed by atoms with van der Waals surface area (Å²) in [5.74, 6) is 2.59. The van der Waals surface area contributed by atoms with Crippen molar-refractivity contribution in [1.82, 2.24) is 0 Å². The maximum atomic E-state index is 12.7. The van der Waals surface area contributed by atoms with Crippen molar-refractivity contribution in [2.45, 2.75) is 45.5 Å². The van der Waals surface area contributed by atoms with Crippen molar-refractivity contribution in [3.05, 3.63) is 119 Å². The van der Waals surface area contributed by atoms with Crippen LogP contribution in [0.5, 0.6) is 17.2 Å². The highest BCUT2D eigenvalue weighted by atomic mass is 32.2. The van der Waals surface area contributed by atoms with Crippen molar-refractivity contribution < 1.29 is 22.6 Å². The fourth-order valence-corrected chi connectivity index (χ4v) is 5.86. The van der Waals surface area contributed by atoms with E-state index in [4.69, 9.17) is 20.8 Å². The van der Waals surface area contributed by atoms with Crippen molar-refractivity contribution in [2.24, 2.45) is 5.92 Å². The minimum atomic E-state index is -3.51. The fourth-order valence-electron chi connectivity index (χ4n) is 5.09. The quantitative estimate of drug-likeness (QED) is 0.151. The summed E-state index contributed by atoms with van der Waals surface area (Å²) >= 11 is 0. The van der Waals surface area contributed by atoms with Crippen LogP contribution in [0.1, 0.15) is 37.0 Å². The molecule has 1 fully saturated rings. The highest BCUT2D eigenvalue weighted by Gasteiger charge is 2.20. The zero-order valence-corrected chi connectivity index (χ0v) is 26.7. The van der Waals surface area contributed by atoms with Crippen LogP contribution >= 0.6 is 0 Å². The number of benzene rings is 4. The highest BCUT2D eigenvalue weighted by molar-refractivity contribution is 7.93. The second-order valence-corrected chi connectivity index (χ2v) is 13.8. The van der Waals surface area contributed by atoms with Crippen LogP contribution in [0.15, 0.2) is 91.0 Å². The van der Waals surface area contributed by atoms with Gasteiger partial charge in [0.15, 0.2) is 5.69 Å². The molecule has 1 N–H and O–H groups in total. The van der Waals surface area contributed by atoms with Gasteiger partial charge in [-0.3, -0.25) is 4.72 Å². The van der Waals surface area contributed by atoms with Gasteiger partial charge in [0.25, 0.3) is 0 Å². The zero-order chi connectivity index (χ0) is 31.8. The maximum absolute atomic E-state index is 12.7. The Kier molecular flexibility index (Phi) is 10.3.